The van der Waals surface area contributed by atoms with Crippen LogP contribution < -0.4 is 0 Å². The van der Waals surface area contributed by atoms with Gasteiger partial charge in [-0.3, -0.25) is 9.78 Å². The van der Waals surface area contributed by atoms with Gasteiger partial charge in [-0.05, 0) is 24.3 Å². The highest BCUT2D eigenvalue weighted by atomic mass is 32.2. The maximum absolute atomic E-state index is 12.8. The van der Waals surface area contributed by atoms with E-state index in [-0.39, 0.29) is 16.7 Å². The summed E-state index contributed by atoms with van der Waals surface area (Å²) in [6.07, 6.45) is 4.66. The highest BCUT2D eigenvalue weighted by molar-refractivity contribution is 7.89. The first kappa shape index (κ1) is 20.7. The van der Waals surface area contributed by atoms with Crippen LogP contribution in [0.2, 0.25) is 0 Å². The van der Waals surface area contributed by atoms with E-state index < -0.39 is 10.0 Å². The summed E-state index contributed by atoms with van der Waals surface area (Å²) in [7, 11) is -3.59. The number of aromatic nitrogens is 4. The van der Waals surface area contributed by atoms with Gasteiger partial charge >= 0.3 is 0 Å². The van der Waals surface area contributed by atoms with E-state index in [1.165, 1.54) is 16.4 Å². The van der Waals surface area contributed by atoms with Gasteiger partial charge in [0.25, 0.3) is 5.91 Å². The lowest BCUT2D eigenvalue weighted by Gasteiger charge is -2.37. The van der Waals surface area contributed by atoms with Crippen molar-refractivity contribution in [3.63, 3.8) is 0 Å². The Morgan fingerprint density at radius 1 is 1.06 bits per heavy atom. The van der Waals surface area contributed by atoms with Crippen LogP contribution in [0.15, 0.2) is 52.3 Å². The van der Waals surface area contributed by atoms with E-state index in [1.54, 1.807) is 35.6 Å². The van der Waals surface area contributed by atoms with Crippen LogP contribution in [0.4, 0.5) is 0 Å². The second-order valence-electron chi connectivity index (χ2n) is 7.49. The van der Waals surface area contributed by atoms with E-state index in [0.29, 0.717) is 62.4 Å². The first-order valence-electron chi connectivity index (χ1n) is 10.1. The molecule has 2 aliphatic rings. The van der Waals surface area contributed by atoms with Gasteiger partial charge in [0.15, 0.2) is 0 Å². The number of sulfonamides is 1. The van der Waals surface area contributed by atoms with E-state index in [9.17, 15) is 13.2 Å². The zero-order valence-corrected chi connectivity index (χ0v) is 17.8. The molecule has 4 heterocycles. The third kappa shape index (κ3) is 3.87. The number of nitrogens with zero attached hydrogens (tertiary/aromatic N) is 6. The van der Waals surface area contributed by atoms with Crippen LogP contribution in [0.3, 0.4) is 0 Å². The summed E-state index contributed by atoms with van der Waals surface area (Å²) in [5.74, 6) is 0.569. The van der Waals surface area contributed by atoms with Gasteiger partial charge in [0.1, 0.15) is 5.69 Å². The van der Waals surface area contributed by atoms with E-state index in [0.717, 1.165) is 0 Å². The van der Waals surface area contributed by atoms with Crippen molar-refractivity contribution < 1.29 is 22.5 Å². The quantitative estimate of drug-likeness (QED) is 0.546. The number of likely N-dealkylation sites (tertiary alicyclic amines) is 1. The monoisotopic (exact) mass is 456 g/mol. The summed E-state index contributed by atoms with van der Waals surface area (Å²) < 4.78 is 37.4. The van der Waals surface area contributed by atoms with E-state index in [1.807, 2.05) is 0 Å². The Morgan fingerprint density at radius 2 is 1.81 bits per heavy atom. The van der Waals surface area contributed by atoms with Gasteiger partial charge in [0.05, 0.1) is 30.2 Å². The maximum atomic E-state index is 12.8. The average Bonchev–Trinajstić information content (AvgIpc) is 3.29. The molecule has 1 amide bonds. The number of amides is 1. The van der Waals surface area contributed by atoms with Gasteiger partial charge in [-0.2, -0.15) is 9.29 Å². The van der Waals surface area contributed by atoms with Crippen molar-refractivity contribution in [1.82, 2.24) is 29.3 Å². The molecule has 2 fully saturated rings. The van der Waals surface area contributed by atoms with Crippen LogP contribution in [0.1, 0.15) is 22.2 Å². The topological polar surface area (TPSA) is 132 Å². The molecule has 2 aromatic heterocycles. The lowest BCUT2D eigenvalue weighted by Crippen LogP contribution is -2.48. The molecule has 0 atom stereocenters. The van der Waals surface area contributed by atoms with Crippen molar-refractivity contribution in [2.45, 2.75) is 10.8 Å². The summed E-state index contributed by atoms with van der Waals surface area (Å²) in [5.41, 5.74) is 0.942. The standard InChI is InChI=1S/C20H20N6O5S/c27-20(14-1-3-16(4-2-14)32(28,29)26-7-9-30-10-8-26)25-12-15(13-25)19-23-18(24-31-19)17-11-21-5-6-22-17/h1-6,11,15H,7-10,12-13H2. The van der Waals surface area contributed by atoms with Crippen molar-refractivity contribution in [1.29, 1.82) is 0 Å². The summed E-state index contributed by atoms with van der Waals surface area (Å²) in [6.45, 7) is 2.29. The Balaban J connectivity index is 1.21. The molecule has 2 aliphatic heterocycles. The fourth-order valence-electron chi connectivity index (χ4n) is 3.61. The van der Waals surface area contributed by atoms with Gasteiger partial charge in [-0.25, -0.2) is 13.4 Å². The zero-order chi connectivity index (χ0) is 22.1. The number of hydrogen-bond donors (Lipinski definition) is 0. The van der Waals surface area contributed by atoms with Gasteiger partial charge in [0, 0.05) is 44.1 Å². The smallest absolute Gasteiger partial charge is 0.253 e. The molecule has 0 saturated carbocycles. The van der Waals surface area contributed by atoms with E-state index >= 15 is 0 Å². The van der Waals surface area contributed by atoms with Gasteiger partial charge in [-0.1, -0.05) is 5.16 Å². The molecule has 0 bridgehead atoms. The normalized spacial score (nSPS) is 17.8. The SMILES string of the molecule is O=C(c1ccc(S(=O)(=O)N2CCOCC2)cc1)N1CC(c2nc(-c3cnccn3)no2)C1. The van der Waals surface area contributed by atoms with Crippen LogP contribution in [0, 0.1) is 0 Å². The van der Waals surface area contributed by atoms with Crippen molar-refractivity contribution >= 4 is 15.9 Å². The van der Waals surface area contributed by atoms with E-state index in [4.69, 9.17) is 9.26 Å². The third-order valence-corrected chi connectivity index (χ3v) is 7.37. The largest absolute Gasteiger partial charge is 0.379 e. The third-order valence-electron chi connectivity index (χ3n) is 5.46. The van der Waals surface area contributed by atoms with Gasteiger partial charge < -0.3 is 14.2 Å². The van der Waals surface area contributed by atoms with Crippen molar-refractivity contribution in [3.8, 4) is 11.5 Å². The molecule has 1 aromatic carbocycles. The van der Waals surface area contributed by atoms with Gasteiger partial charge in [0.2, 0.25) is 21.7 Å². The Kier molecular flexibility index (Phi) is 5.41. The number of carbonyl (C=O) groups excluding carboxylic acids is 1. The second kappa shape index (κ2) is 8.37. The summed E-state index contributed by atoms with van der Waals surface area (Å²) in [5, 5.41) is 3.93. The summed E-state index contributed by atoms with van der Waals surface area (Å²) in [6, 6.07) is 6.03. The van der Waals surface area contributed by atoms with Crippen molar-refractivity contribution in [3.05, 3.63) is 54.3 Å². The lowest BCUT2D eigenvalue weighted by atomic mass is 9.99. The van der Waals surface area contributed by atoms with Crippen LogP contribution in [-0.2, 0) is 14.8 Å². The molecule has 11 nitrogen and oxygen atoms in total. The number of hydrogen-bond acceptors (Lipinski definition) is 9. The predicted molar refractivity (Wildman–Crippen MR) is 110 cm³/mol. The zero-order valence-electron chi connectivity index (χ0n) is 17.0. The molecular weight excluding hydrogens is 436 g/mol. The molecule has 166 valence electrons. The molecule has 32 heavy (non-hydrogen) atoms. The van der Waals surface area contributed by atoms with Gasteiger partial charge in [-0.15, -0.1) is 0 Å². The van der Waals surface area contributed by atoms with Crippen LogP contribution in [0.25, 0.3) is 11.5 Å². The fraction of sp³-hybridized carbons (Fsp3) is 0.350. The number of benzene rings is 1. The van der Waals surface area contributed by atoms with E-state index in [2.05, 4.69) is 20.1 Å². The molecule has 0 unspecified atom stereocenters. The highest BCUT2D eigenvalue weighted by Gasteiger charge is 2.36. The lowest BCUT2D eigenvalue weighted by molar-refractivity contribution is 0.0569. The highest BCUT2D eigenvalue weighted by Crippen LogP contribution is 2.29. The minimum Gasteiger partial charge on any atom is -0.379 e. The second-order valence-corrected chi connectivity index (χ2v) is 9.43. The maximum Gasteiger partial charge on any atom is 0.253 e. The molecule has 2 saturated heterocycles. The molecule has 3 aromatic rings. The predicted octanol–water partition coefficient (Wildman–Crippen LogP) is 0.787. The number of rotatable bonds is 5. The Labute approximate surface area is 184 Å². The number of carbonyl (C=O) groups is 1. The summed E-state index contributed by atoms with van der Waals surface area (Å²) >= 11 is 0. The molecule has 12 heteroatoms. The first-order chi connectivity index (χ1) is 15.5. The fourth-order valence-corrected chi connectivity index (χ4v) is 5.02. The Morgan fingerprint density at radius 3 is 2.50 bits per heavy atom. The number of morpholine rings is 1. The minimum absolute atomic E-state index is 0.0576. The Hall–Kier alpha value is -3.22. The molecule has 0 N–H and O–H groups in total. The Bertz CT molecular complexity index is 1200. The average molecular weight is 456 g/mol. The van der Waals surface area contributed by atoms with Crippen molar-refractivity contribution in [2.75, 3.05) is 39.4 Å². The molecule has 0 spiro atoms. The van der Waals surface area contributed by atoms with Crippen LogP contribution >= 0.6 is 0 Å². The molecule has 5 rings (SSSR count). The molecular formula is C20H20N6O5S. The van der Waals surface area contributed by atoms with Crippen molar-refractivity contribution in [2.24, 2.45) is 0 Å². The van der Waals surface area contributed by atoms with Crippen LogP contribution in [-0.4, -0.2) is 83.0 Å². The minimum atomic E-state index is -3.59. The summed E-state index contributed by atoms with van der Waals surface area (Å²) in [4.78, 5) is 27.1. The molecule has 0 aliphatic carbocycles. The molecule has 0 radical (unpaired) electrons. The first-order valence-corrected chi connectivity index (χ1v) is 11.5. The van der Waals surface area contributed by atoms with Crippen LogP contribution in [0.5, 0.6) is 0 Å². The number of ether oxygens (including phenoxy) is 1.